The maximum Gasteiger partial charge on any atom is 0.0305 e. The summed E-state index contributed by atoms with van der Waals surface area (Å²) >= 11 is 1.92. The molecular formula is C16H27NS. The van der Waals surface area contributed by atoms with E-state index < -0.39 is 0 Å². The van der Waals surface area contributed by atoms with Gasteiger partial charge in [0, 0.05) is 21.8 Å². The number of aryl methyl sites for hydroxylation is 2. The molecule has 1 nitrogen and oxygen atoms in total. The first-order valence-corrected chi connectivity index (χ1v) is 8.24. The van der Waals surface area contributed by atoms with Crippen molar-refractivity contribution in [1.82, 2.24) is 5.32 Å². The summed E-state index contributed by atoms with van der Waals surface area (Å²) in [6, 6.07) is 3.60. The van der Waals surface area contributed by atoms with Gasteiger partial charge in [-0.25, -0.2) is 0 Å². The standard InChI is InChI=1S/C16H27NS/c1-5-14-7-6-8-15(10-14)17-12(3)16-9-11(2)18-13(16)4/h9,12,14-15,17H,5-8,10H2,1-4H3. The summed E-state index contributed by atoms with van der Waals surface area (Å²) in [5.74, 6) is 0.953. The van der Waals surface area contributed by atoms with Gasteiger partial charge in [-0.3, -0.25) is 0 Å². The summed E-state index contributed by atoms with van der Waals surface area (Å²) in [5, 5.41) is 3.86. The molecule has 0 aromatic carbocycles. The lowest BCUT2D eigenvalue weighted by atomic mass is 9.84. The molecule has 1 aliphatic rings. The average molecular weight is 265 g/mol. The molecule has 0 bridgehead atoms. The van der Waals surface area contributed by atoms with E-state index in [-0.39, 0.29) is 0 Å². The molecule has 1 aromatic heterocycles. The molecule has 1 N–H and O–H groups in total. The van der Waals surface area contributed by atoms with Gasteiger partial charge >= 0.3 is 0 Å². The fraction of sp³-hybridized carbons (Fsp3) is 0.750. The topological polar surface area (TPSA) is 12.0 Å². The first kappa shape index (κ1) is 14.1. The molecule has 18 heavy (non-hydrogen) atoms. The zero-order valence-electron chi connectivity index (χ0n) is 12.3. The molecule has 0 amide bonds. The largest absolute Gasteiger partial charge is 0.307 e. The molecule has 0 aliphatic heterocycles. The van der Waals surface area contributed by atoms with E-state index in [0.29, 0.717) is 6.04 Å². The second kappa shape index (κ2) is 6.21. The molecule has 0 saturated heterocycles. The molecule has 2 heteroatoms. The Balaban J connectivity index is 1.94. The van der Waals surface area contributed by atoms with Crippen LogP contribution in [0.2, 0.25) is 0 Å². The van der Waals surface area contributed by atoms with Crippen molar-refractivity contribution in [3.8, 4) is 0 Å². The van der Waals surface area contributed by atoms with Gasteiger partial charge in [0.15, 0.2) is 0 Å². The van der Waals surface area contributed by atoms with Gasteiger partial charge in [-0.05, 0) is 51.2 Å². The Bertz CT molecular complexity index is 382. The highest BCUT2D eigenvalue weighted by Gasteiger charge is 2.22. The van der Waals surface area contributed by atoms with Gasteiger partial charge < -0.3 is 5.32 Å². The van der Waals surface area contributed by atoms with E-state index in [9.17, 15) is 0 Å². The molecule has 2 rings (SSSR count). The van der Waals surface area contributed by atoms with Gasteiger partial charge in [-0.1, -0.05) is 26.2 Å². The van der Waals surface area contributed by atoms with Gasteiger partial charge in [-0.2, -0.15) is 0 Å². The van der Waals surface area contributed by atoms with Gasteiger partial charge in [0.25, 0.3) is 0 Å². The monoisotopic (exact) mass is 265 g/mol. The Hall–Kier alpha value is -0.340. The molecule has 3 atom stereocenters. The summed E-state index contributed by atoms with van der Waals surface area (Å²) < 4.78 is 0. The van der Waals surface area contributed by atoms with Crippen molar-refractivity contribution >= 4 is 11.3 Å². The molecule has 0 radical (unpaired) electrons. The number of rotatable bonds is 4. The SMILES string of the molecule is CCC1CCCC(NC(C)c2cc(C)sc2C)C1. The van der Waals surface area contributed by atoms with Crippen molar-refractivity contribution in [3.63, 3.8) is 0 Å². The Morgan fingerprint density at radius 2 is 2.17 bits per heavy atom. The highest BCUT2D eigenvalue weighted by atomic mass is 32.1. The van der Waals surface area contributed by atoms with Crippen molar-refractivity contribution in [1.29, 1.82) is 0 Å². The van der Waals surface area contributed by atoms with Crippen molar-refractivity contribution in [3.05, 3.63) is 21.4 Å². The molecule has 3 unspecified atom stereocenters. The van der Waals surface area contributed by atoms with Crippen molar-refractivity contribution in [2.24, 2.45) is 5.92 Å². The molecule has 1 saturated carbocycles. The molecule has 1 fully saturated rings. The van der Waals surface area contributed by atoms with Crippen LogP contribution in [0.4, 0.5) is 0 Å². The van der Waals surface area contributed by atoms with Gasteiger partial charge in [-0.15, -0.1) is 11.3 Å². The van der Waals surface area contributed by atoms with Crippen LogP contribution >= 0.6 is 11.3 Å². The number of nitrogens with one attached hydrogen (secondary N) is 1. The molecule has 0 spiro atoms. The number of hydrogen-bond donors (Lipinski definition) is 1. The first-order chi connectivity index (χ1) is 8.60. The Labute approximate surface area is 116 Å². The van der Waals surface area contributed by atoms with Gasteiger partial charge in [0.1, 0.15) is 0 Å². The number of thiophene rings is 1. The van der Waals surface area contributed by atoms with Gasteiger partial charge in [0.2, 0.25) is 0 Å². The van der Waals surface area contributed by atoms with Crippen LogP contribution in [0.5, 0.6) is 0 Å². The van der Waals surface area contributed by atoms with Crippen LogP contribution in [-0.2, 0) is 0 Å². The second-order valence-electron chi connectivity index (χ2n) is 5.89. The molecule has 1 aromatic rings. The molecular weight excluding hydrogens is 238 g/mol. The van der Waals surface area contributed by atoms with Crippen molar-refractivity contribution in [2.45, 2.75) is 71.9 Å². The summed E-state index contributed by atoms with van der Waals surface area (Å²) in [7, 11) is 0. The molecule has 1 heterocycles. The Morgan fingerprint density at radius 1 is 1.39 bits per heavy atom. The normalized spacial score (nSPS) is 26.2. The van der Waals surface area contributed by atoms with E-state index in [0.717, 1.165) is 12.0 Å². The third kappa shape index (κ3) is 3.36. The summed E-state index contributed by atoms with van der Waals surface area (Å²) in [4.78, 5) is 2.92. The Kier molecular flexibility index (Phi) is 4.85. The lowest BCUT2D eigenvalue weighted by molar-refractivity contribution is 0.266. The summed E-state index contributed by atoms with van der Waals surface area (Å²) in [6.45, 7) is 9.12. The predicted molar refractivity (Wildman–Crippen MR) is 81.4 cm³/mol. The van der Waals surface area contributed by atoms with Crippen LogP contribution < -0.4 is 5.32 Å². The number of hydrogen-bond acceptors (Lipinski definition) is 2. The lowest BCUT2D eigenvalue weighted by Gasteiger charge is -2.31. The van der Waals surface area contributed by atoms with Crippen LogP contribution in [0.1, 0.15) is 67.3 Å². The zero-order chi connectivity index (χ0) is 13.1. The lowest BCUT2D eigenvalue weighted by Crippen LogP contribution is -2.35. The molecule has 102 valence electrons. The van der Waals surface area contributed by atoms with E-state index in [1.54, 1.807) is 0 Å². The maximum atomic E-state index is 3.86. The third-order valence-electron chi connectivity index (χ3n) is 4.39. The van der Waals surface area contributed by atoms with Crippen LogP contribution in [0, 0.1) is 19.8 Å². The smallest absolute Gasteiger partial charge is 0.0305 e. The van der Waals surface area contributed by atoms with Crippen LogP contribution in [0.3, 0.4) is 0 Å². The Morgan fingerprint density at radius 3 is 2.78 bits per heavy atom. The highest BCUT2D eigenvalue weighted by Crippen LogP contribution is 2.30. The van der Waals surface area contributed by atoms with Crippen LogP contribution in [0.15, 0.2) is 6.07 Å². The second-order valence-corrected chi connectivity index (χ2v) is 7.36. The van der Waals surface area contributed by atoms with Crippen LogP contribution in [-0.4, -0.2) is 6.04 Å². The third-order valence-corrected chi connectivity index (χ3v) is 5.37. The highest BCUT2D eigenvalue weighted by molar-refractivity contribution is 7.12. The van der Waals surface area contributed by atoms with Gasteiger partial charge in [0.05, 0.1) is 0 Å². The van der Waals surface area contributed by atoms with E-state index >= 15 is 0 Å². The zero-order valence-corrected chi connectivity index (χ0v) is 13.1. The summed E-state index contributed by atoms with van der Waals surface area (Å²) in [5.41, 5.74) is 1.51. The maximum absolute atomic E-state index is 3.86. The fourth-order valence-corrected chi connectivity index (χ4v) is 4.36. The fourth-order valence-electron chi connectivity index (χ4n) is 3.34. The first-order valence-electron chi connectivity index (χ1n) is 7.43. The average Bonchev–Trinajstić information content (AvgIpc) is 2.69. The minimum absolute atomic E-state index is 0.510. The van der Waals surface area contributed by atoms with E-state index in [1.165, 1.54) is 47.4 Å². The van der Waals surface area contributed by atoms with E-state index in [1.807, 2.05) is 11.3 Å². The van der Waals surface area contributed by atoms with Crippen LogP contribution in [0.25, 0.3) is 0 Å². The van der Waals surface area contributed by atoms with E-state index in [4.69, 9.17) is 0 Å². The predicted octanol–water partition coefficient (Wildman–Crippen LogP) is 4.98. The van der Waals surface area contributed by atoms with Crippen molar-refractivity contribution < 1.29 is 0 Å². The van der Waals surface area contributed by atoms with Crippen molar-refractivity contribution in [2.75, 3.05) is 0 Å². The summed E-state index contributed by atoms with van der Waals surface area (Å²) in [6.07, 6.45) is 6.94. The quantitative estimate of drug-likeness (QED) is 0.809. The van der Waals surface area contributed by atoms with E-state index in [2.05, 4.69) is 39.1 Å². The minimum atomic E-state index is 0.510. The minimum Gasteiger partial charge on any atom is -0.307 e. The molecule has 1 aliphatic carbocycles.